The third-order valence-corrected chi connectivity index (χ3v) is 4.54. The third kappa shape index (κ3) is 2.96. The van der Waals surface area contributed by atoms with Crippen molar-refractivity contribution < 1.29 is 23.7 Å². The topological polar surface area (TPSA) is 84.0 Å². The van der Waals surface area contributed by atoms with Crippen molar-refractivity contribution >= 4 is 22.5 Å². The first-order chi connectivity index (χ1) is 13.7. The molecule has 28 heavy (non-hydrogen) atoms. The van der Waals surface area contributed by atoms with Gasteiger partial charge in [-0.25, -0.2) is 9.97 Å². The summed E-state index contributed by atoms with van der Waals surface area (Å²) in [4.78, 5) is 9.34. The highest BCUT2D eigenvalue weighted by Crippen LogP contribution is 2.43. The molecule has 0 unspecified atom stereocenters. The second-order valence-electron chi connectivity index (χ2n) is 6.08. The zero-order valence-electron chi connectivity index (χ0n) is 16.2. The predicted octanol–water partition coefficient (Wildman–Crippen LogP) is 3.69. The number of aromatic nitrogens is 2. The SMILES string of the molecule is CCc1nc(Nc2ccc3c(c2)OCO3)nc2c(OC)c(OC)c(OC)cc12. The number of ether oxygens (including phenoxy) is 5. The largest absolute Gasteiger partial charge is 0.493 e. The molecular formula is C20H21N3O5. The minimum atomic E-state index is 0.226. The van der Waals surface area contributed by atoms with E-state index >= 15 is 0 Å². The Hall–Kier alpha value is -3.42. The number of anilines is 2. The predicted molar refractivity (Wildman–Crippen MR) is 104 cm³/mol. The fraction of sp³-hybridized carbons (Fsp3) is 0.300. The van der Waals surface area contributed by atoms with Gasteiger partial charge in [0.25, 0.3) is 0 Å². The molecule has 2 aromatic carbocycles. The Morgan fingerprint density at radius 1 is 0.964 bits per heavy atom. The van der Waals surface area contributed by atoms with E-state index in [0.717, 1.165) is 22.5 Å². The second kappa shape index (κ2) is 7.30. The molecule has 1 aromatic heterocycles. The Kier molecular flexibility index (Phi) is 4.68. The molecule has 4 rings (SSSR count). The van der Waals surface area contributed by atoms with Gasteiger partial charge in [-0.2, -0.15) is 0 Å². The van der Waals surface area contributed by atoms with Gasteiger partial charge in [0.2, 0.25) is 18.5 Å². The van der Waals surface area contributed by atoms with E-state index in [1.54, 1.807) is 21.3 Å². The maximum atomic E-state index is 5.60. The number of nitrogens with zero attached hydrogens (tertiary/aromatic N) is 2. The van der Waals surface area contributed by atoms with Crippen LogP contribution in [0.2, 0.25) is 0 Å². The quantitative estimate of drug-likeness (QED) is 0.690. The van der Waals surface area contributed by atoms with Crippen LogP contribution in [0.4, 0.5) is 11.6 Å². The summed E-state index contributed by atoms with van der Waals surface area (Å²) in [5.74, 6) is 3.42. The highest BCUT2D eigenvalue weighted by Gasteiger charge is 2.21. The van der Waals surface area contributed by atoms with Crippen LogP contribution in [0.1, 0.15) is 12.6 Å². The standard InChI is InChI=1S/C20H21N3O5/c1-5-13-12-9-16(24-2)18(25-3)19(26-4)17(12)23-20(22-13)21-11-6-7-14-15(8-11)28-10-27-14/h6-9H,5,10H2,1-4H3,(H,21,22,23). The fourth-order valence-electron chi connectivity index (χ4n) is 3.22. The molecule has 8 heteroatoms. The molecule has 1 aliphatic heterocycles. The lowest BCUT2D eigenvalue weighted by molar-refractivity contribution is 0.174. The number of rotatable bonds is 6. The number of hydrogen-bond donors (Lipinski definition) is 1. The average Bonchev–Trinajstić information content (AvgIpc) is 3.19. The lowest BCUT2D eigenvalue weighted by Gasteiger charge is -2.16. The van der Waals surface area contributed by atoms with Crippen LogP contribution in [-0.2, 0) is 6.42 Å². The van der Waals surface area contributed by atoms with Gasteiger partial charge in [0.15, 0.2) is 23.0 Å². The number of benzene rings is 2. The van der Waals surface area contributed by atoms with E-state index in [0.29, 0.717) is 40.9 Å². The van der Waals surface area contributed by atoms with Crippen molar-refractivity contribution in [1.29, 1.82) is 0 Å². The molecule has 0 bridgehead atoms. The molecular weight excluding hydrogens is 362 g/mol. The highest BCUT2D eigenvalue weighted by atomic mass is 16.7. The van der Waals surface area contributed by atoms with Crippen LogP contribution >= 0.6 is 0 Å². The Labute approximate surface area is 162 Å². The van der Waals surface area contributed by atoms with Crippen LogP contribution in [0.25, 0.3) is 10.9 Å². The highest BCUT2D eigenvalue weighted by molar-refractivity contribution is 5.92. The van der Waals surface area contributed by atoms with Crippen molar-refractivity contribution in [2.45, 2.75) is 13.3 Å². The Bertz CT molecular complexity index is 1040. The van der Waals surface area contributed by atoms with Crippen LogP contribution in [0.15, 0.2) is 24.3 Å². The molecule has 0 saturated heterocycles. The van der Waals surface area contributed by atoms with Gasteiger partial charge in [0, 0.05) is 17.1 Å². The molecule has 1 N–H and O–H groups in total. The van der Waals surface area contributed by atoms with Gasteiger partial charge >= 0.3 is 0 Å². The number of nitrogens with one attached hydrogen (secondary N) is 1. The molecule has 0 fully saturated rings. The number of aryl methyl sites for hydroxylation is 1. The minimum absolute atomic E-state index is 0.226. The molecule has 0 atom stereocenters. The van der Waals surface area contributed by atoms with Gasteiger partial charge in [0.1, 0.15) is 5.52 Å². The summed E-state index contributed by atoms with van der Waals surface area (Å²) in [6, 6.07) is 7.46. The Balaban J connectivity index is 1.83. The molecule has 2 heterocycles. The summed E-state index contributed by atoms with van der Waals surface area (Å²) in [6.07, 6.45) is 0.716. The molecule has 146 valence electrons. The number of fused-ring (bicyclic) bond motifs is 2. The monoisotopic (exact) mass is 383 g/mol. The van der Waals surface area contributed by atoms with Crippen molar-refractivity contribution in [3.05, 3.63) is 30.0 Å². The smallest absolute Gasteiger partial charge is 0.231 e. The Morgan fingerprint density at radius 3 is 2.46 bits per heavy atom. The molecule has 0 aliphatic carbocycles. The zero-order chi connectivity index (χ0) is 19.7. The third-order valence-electron chi connectivity index (χ3n) is 4.54. The molecule has 0 saturated carbocycles. The van der Waals surface area contributed by atoms with E-state index < -0.39 is 0 Å². The van der Waals surface area contributed by atoms with E-state index in [4.69, 9.17) is 23.7 Å². The second-order valence-corrected chi connectivity index (χ2v) is 6.08. The Morgan fingerprint density at radius 2 is 1.75 bits per heavy atom. The summed E-state index contributed by atoms with van der Waals surface area (Å²) >= 11 is 0. The van der Waals surface area contributed by atoms with Gasteiger partial charge in [-0.1, -0.05) is 6.92 Å². The van der Waals surface area contributed by atoms with Gasteiger partial charge in [-0.05, 0) is 24.6 Å². The summed E-state index contributed by atoms with van der Waals surface area (Å²) in [7, 11) is 4.74. The molecule has 3 aromatic rings. The molecule has 8 nitrogen and oxygen atoms in total. The summed E-state index contributed by atoms with van der Waals surface area (Å²) < 4.78 is 27.3. The minimum Gasteiger partial charge on any atom is -0.493 e. The first-order valence-corrected chi connectivity index (χ1v) is 8.84. The van der Waals surface area contributed by atoms with Crippen molar-refractivity contribution in [3.8, 4) is 28.7 Å². The van der Waals surface area contributed by atoms with Crippen LogP contribution in [0, 0.1) is 0 Å². The van der Waals surface area contributed by atoms with Crippen LogP contribution < -0.4 is 29.0 Å². The molecule has 1 aliphatic rings. The number of methoxy groups -OCH3 is 3. The summed E-state index contributed by atoms with van der Waals surface area (Å²) in [6.45, 7) is 2.26. The van der Waals surface area contributed by atoms with E-state index in [1.807, 2.05) is 31.2 Å². The molecule has 0 spiro atoms. The first kappa shape index (κ1) is 18.0. The van der Waals surface area contributed by atoms with Crippen LogP contribution in [0.3, 0.4) is 0 Å². The average molecular weight is 383 g/mol. The van der Waals surface area contributed by atoms with E-state index in [9.17, 15) is 0 Å². The fourth-order valence-corrected chi connectivity index (χ4v) is 3.22. The molecule has 0 radical (unpaired) electrons. The van der Waals surface area contributed by atoms with Gasteiger partial charge in [-0.15, -0.1) is 0 Å². The van der Waals surface area contributed by atoms with Crippen LogP contribution in [0.5, 0.6) is 28.7 Å². The van der Waals surface area contributed by atoms with E-state index in [1.165, 1.54) is 0 Å². The van der Waals surface area contributed by atoms with Crippen molar-refractivity contribution in [1.82, 2.24) is 9.97 Å². The van der Waals surface area contributed by atoms with Crippen molar-refractivity contribution in [2.24, 2.45) is 0 Å². The number of hydrogen-bond acceptors (Lipinski definition) is 8. The lowest BCUT2D eigenvalue weighted by atomic mass is 10.1. The maximum absolute atomic E-state index is 5.60. The van der Waals surface area contributed by atoms with Gasteiger partial charge in [-0.3, -0.25) is 0 Å². The normalized spacial score (nSPS) is 12.1. The van der Waals surface area contributed by atoms with E-state index in [2.05, 4.69) is 15.3 Å². The van der Waals surface area contributed by atoms with E-state index in [-0.39, 0.29) is 6.79 Å². The van der Waals surface area contributed by atoms with Gasteiger partial charge in [0.05, 0.1) is 27.0 Å². The first-order valence-electron chi connectivity index (χ1n) is 8.84. The maximum Gasteiger partial charge on any atom is 0.231 e. The van der Waals surface area contributed by atoms with Gasteiger partial charge < -0.3 is 29.0 Å². The van der Waals surface area contributed by atoms with Crippen molar-refractivity contribution in [3.63, 3.8) is 0 Å². The zero-order valence-corrected chi connectivity index (χ0v) is 16.2. The summed E-state index contributed by atoms with van der Waals surface area (Å²) in [5, 5.41) is 4.09. The summed E-state index contributed by atoms with van der Waals surface area (Å²) in [5.41, 5.74) is 2.31. The lowest BCUT2D eigenvalue weighted by Crippen LogP contribution is -2.04. The van der Waals surface area contributed by atoms with Crippen molar-refractivity contribution in [2.75, 3.05) is 33.4 Å². The molecule has 0 amide bonds. The van der Waals surface area contributed by atoms with Crippen LogP contribution in [-0.4, -0.2) is 38.1 Å².